The number of hydrogen-bond acceptors (Lipinski definition) is 2. The van der Waals surface area contributed by atoms with E-state index in [0.717, 1.165) is 24.8 Å². The highest BCUT2D eigenvalue weighted by Crippen LogP contribution is 2.40. The zero-order valence-corrected chi connectivity index (χ0v) is 9.18. The van der Waals surface area contributed by atoms with Crippen molar-refractivity contribution in [3.63, 3.8) is 0 Å². The Bertz CT molecular complexity index is 384. The normalized spacial score (nSPS) is 23.4. The Kier molecular flexibility index (Phi) is 2.17. The number of methoxy groups -OCH3 is 1. The average molecular weight is 203 g/mol. The fourth-order valence-corrected chi connectivity index (χ4v) is 3.06. The molecule has 1 heterocycles. The smallest absolute Gasteiger partial charge is 0.122 e. The van der Waals surface area contributed by atoms with Gasteiger partial charge in [-0.25, -0.2) is 0 Å². The quantitative estimate of drug-likeness (QED) is 0.755. The maximum absolute atomic E-state index is 5.46. The molecule has 1 aliphatic heterocycles. The van der Waals surface area contributed by atoms with Crippen LogP contribution in [-0.4, -0.2) is 13.7 Å². The lowest BCUT2D eigenvalue weighted by Gasteiger charge is -2.33. The fraction of sp³-hybridized carbons (Fsp3) is 0.538. The van der Waals surface area contributed by atoms with Gasteiger partial charge in [0, 0.05) is 13.1 Å². The molecule has 0 aromatic heterocycles. The van der Waals surface area contributed by atoms with Crippen LogP contribution in [0.5, 0.6) is 5.75 Å². The summed E-state index contributed by atoms with van der Waals surface area (Å²) in [6, 6.07) is 4.35. The zero-order chi connectivity index (χ0) is 10.3. The number of ether oxygens (including phenoxy) is 1. The van der Waals surface area contributed by atoms with E-state index >= 15 is 0 Å². The molecule has 3 rings (SSSR count). The maximum Gasteiger partial charge on any atom is 0.122 e. The Labute approximate surface area is 90.6 Å². The van der Waals surface area contributed by atoms with Gasteiger partial charge in [-0.1, -0.05) is 6.07 Å². The minimum absolute atomic E-state index is 0.729. The van der Waals surface area contributed by atoms with Crippen molar-refractivity contribution in [2.75, 3.05) is 13.7 Å². The molecule has 1 aromatic carbocycles. The van der Waals surface area contributed by atoms with Crippen molar-refractivity contribution < 1.29 is 4.74 Å². The molecule has 0 spiro atoms. The minimum Gasteiger partial charge on any atom is -0.496 e. The summed E-state index contributed by atoms with van der Waals surface area (Å²) in [7, 11) is 1.78. The summed E-state index contributed by atoms with van der Waals surface area (Å²) in [5, 5.41) is 3.50. The van der Waals surface area contributed by atoms with Crippen LogP contribution in [0.25, 0.3) is 0 Å². The van der Waals surface area contributed by atoms with E-state index in [-0.39, 0.29) is 0 Å². The third-order valence-corrected chi connectivity index (χ3v) is 3.72. The van der Waals surface area contributed by atoms with Gasteiger partial charge in [-0.2, -0.15) is 0 Å². The van der Waals surface area contributed by atoms with Gasteiger partial charge < -0.3 is 10.1 Å². The molecular formula is C13H17NO. The van der Waals surface area contributed by atoms with Crippen LogP contribution in [0.3, 0.4) is 0 Å². The van der Waals surface area contributed by atoms with Gasteiger partial charge in [0.1, 0.15) is 5.75 Å². The van der Waals surface area contributed by atoms with Crippen LogP contribution < -0.4 is 10.1 Å². The van der Waals surface area contributed by atoms with Gasteiger partial charge in [-0.15, -0.1) is 0 Å². The van der Waals surface area contributed by atoms with Crippen LogP contribution in [0.2, 0.25) is 0 Å². The van der Waals surface area contributed by atoms with E-state index in [9.17, 15) is 0 Å². The summed E-state index contributed by atoms with van der Waals surface area (Å²) in [6.07, 6.45) is 3.84. The van der Waals surface area contributed by atoms with Crippen LogP contribution in [0.15, 0.2) is 12.1 Å². The molecule has 0 amide bonds. The van der Waals surface area contributed by atoms with Gasteiger partial charge in [-0.3, -0.25) is 0 Å². The predicted octanol–water partition coefficient (Wildman–Crippen LogP) is 2.22. The molecule has 0 fully saturated rings. The molecule has 2 heteroatoms. The third kappa shape index (κ3) is 1.36. The highest BCUT2D eigenvalue weighted by atomic mass is 16.5. The standard InChI is InChI=1S/C13H17NO/c1-15-12-6-5-10-8-14-7-9-3-2-4-11(12)13(9)10/h5-6,9,14H,2-4,7-8H2,1H3/t9-/m1/s1. The highest BCUT2D eigenvalue weighted by Gasteiger charge is 2.27. The summed E-state index contributed by atoms with van der Waals surface area (Å²) in [5.74, 6) is 1.83. The van der Waals surface area contributed by atoms with Crippen LogP contribution in [0, 0.1) is 0 Å². The molecular weight excluding hydrogens is 186 g/mol. The van der Waals surface area contributed by atoms with Crippen LogP contribution in [0.4, 0.5) is 0 Å². The van der Waals surface area contributed by atoms with Crippen molar-refractivity contribution in [2.24, 2.45) is 0 Å². The molecule has 0 saturated heterocycles. The molecule has 1 N–H and O–H groups in total. The Morgan fingerprint density at radius 3 is 3.20 bits per heavy atom. The Balaban J connectivity index is 2.18. The monoisotopic (exact) mass is 203 g/mol. The van der Waals surface area contributed by atoms with Crippen molar-refractivity contribution in [3.05, 3.63) is 28.8 Å². The Hall–Kier alpha value is -1.02. The fourth-order valence-electron chi connectivity index (χ4n) is 3.06. The van der Waals surface area contributed by atoms with E-state index in [1.807, 2.05) is 0 Å². The Morgan fingerprint density at radius 2 is 2.33 bits per heavy atom. The lowest BCUT2D eigenvalue weighted by Crippen LogP contribution is -2.31. The van der Waals surface area contributed by atoms with Gasteiger partial charge in [0.15, 0.2) is 0 Å². The number of rotatable bonds is 1. The van der Waals surface area contributed by atoms with Gasteiger partial charge in [0.2, 0.25) is 0 Å². The van der Waals surface area contributed by atoms with Gasteiger partial charge in [0.05, 0.1) is 7.11 Å². The van der Waals surface area contributed by atoms with E-state index in [0.29, 0.717) is 0 Å². The van der Waals surface area contributed by atoms with E-state index < -0.39 is 0 Å². The van der Waals surface area contributed by atoms with Crippen LogP contribution >= 0.6 is 0 Å². The largest absolute Gasteiger partial charge is 0.496 e. The number of hydrogen-bond donors (Lipinski definition) is 1. The van der Waals surface area contributed by atoms with E-state index in [4.69, 9.17) is 4.74 Å². The van der Waals surface area contributed by atoms with E-state index in [1.165, 1.54) is 30.4 Å². The first kappa shape index (κ1) is 9.22. The minimum atomic E-state index is 0.729. The third-order valence-electron chi connectivity index (χ3n) is 3.72. The van der Waals surface area contributed by atoms with Crippen molar-refractivity contribution in [1.29, 1.82) is 0 Å². The molecule has 1 aromatic rings. The molecule has 1 atom stereocenters. The zero-order valence-electron chi connectivity index (χ0n) is 9.18. The van der Waals surface area contributed by atoms with Gasteiger partial charge in [0.25, 0.3) is 0 Å². The van der Waals surface area contributed by atoms with E-state index in [2.05, 4.69) is 17.4 Å². The molecule has 0 saturated carbocycles. The summed E-state index contributed by atoms with van der Waals surface area (Å²) in [4.78, 5) is 0. The van der Waals surface area contributed by atoms with E-state index in [1.54, 1.807) is 12.7 Å². The van der Waals surface area contributed by atoms with Crippen molar-refractivity contribution >= 4 is 0 Å². The molecule has 1 aliphatic carbocycles. The SMILES string of the molecule is COc1ccc2c3c1CCC[C@@H]3CNC2. The predicted molar refractivity (Wildman–Crippen MR) is 60.4 cm³/mol. The molecule has 2 aliphatic rings. The second kappa shape index (κ2) is 3.53. The van der Waals surface area contributed by atoms with Crippen molar-refractivity contribution in [1.82, 2.24) is 5.32 Å². The maximum atomic E-state index is 5.46. The molecule has 0 bridgehead atoms. The van der Waals surface area contributed by atoms with Crippen LogP contribution in [0.1, 0.15) is 35.4 Å². The topological polar surface area (TPSA) is 21.3 Å². The van der Waals surface area contributed by atoms with Crippen molar-refractivity contribution in [2.45, 2.75) is 31.7 Å². The summed E-state index contributed by atoms with van der Waals surface area (Å²) in [6.45, 7) is 2.18. The first-order valence-electron chi connectivity index (χ1n) is 5.79. The van der Waals surface area contributed by atoms with Gasteiger partial charge >= 0.3 is 0 Å². The van der Waals surface area contributed by atoms with Gasteiger partial charge in [-0.05, 0) is 47.9 Å². The summed E-state index contributed by atoms with van der Waals surface area (Å²) in [5.41, 5.74) is 4.56. The Morgan fingerprint density at radius 1 is 1.40 bits per heavy atom. The first-order chi connectivity index (χ1) is 7.40. The van der Waals surface area contributed by atoms with Crippen LogP contribution in [-0.2, 0) is 13.0 Å². The molecule has 2 nitrogen and oxygen atoms in total. The second-order valence-electron chi connectivity index (χ2n) is 4.54. The first-order valence-corrected chi connectivity index (χ1v) is 5.79. The number of benzene rings is 1. The number of nitrogens with one attached hydrogen (secondary N) is 1. The molecule has 0 radical (unpaired) electrons. The molecule has 15 heavy (non-hydrogen) atoms. The summed E-state index contributed by atoms with van der Waals surface area (Å²) >= 11 is 0. The average Bonchev–Trinajstić information content (AvgIpc) is 2.30. The molecule has 80 valence electrons. The lowest BCUT2D eigenvalue weighted by molar-refractivity contribution is 0.396. The second-order valence-corrected chi connectivity index (χ2v) is 4.54. The van der Waals surface area contributed by atoms with Crippen molar-refractivity contribution in [3.8, 4) is 5.75 Å². The summed E-state index contributed by atoms with van der Waals surface area (Å²) < 4.78 is 5.46. The lowest BCUT2D eigenvalue weighted by atomic mass is 9.78. The highest BCUT2D eigenvalue weighted by molar-refractivity contribution is 5.49. The molecule has 0 unspecified atom stereocenters.